The van der Waals surface area contributed by atoms with Crippen LogP contribution in [0.2, 0.25) is 5.02 Å². The first-order chi connectivity index (χ1) is 9.72. The maximum absolute atomic E-state index is 12.0. The van der Waals surface area contributed by atoms with E-state index in [0.717, 1.165) is 26.0 Å². The van der Waals surface area contributed by atoms with Crippen molar-refractivity contribution >= 4 is 17.3 Å². The minimum absolute atomic E-state index is 0.202. The summed E-state index contributed by atoms with van der Waals surface area (Å²) in [5, 5.41) is 10.8. The molecule has 0 aliphatic carbocycles. The van der Waals surface area contributed by atoms with Crippen LogP contribution in [0.15, 0.2) is 11.0 Å². The maximum atomic E-state index is 12.0. The van der Waals surface area contributed by atoms with E-state index in [-0.39, 0.29) is 16.6 Å². The number of anilines is 1. The minimum Gasteiger partial charge on any atom is -0.381 e. The summed E-state index contributed by atoms with van der Waals surface area (Å²) < 4.78 is 6.79. The Morgan fingerprint density at radius 2 is 2.50 bits per heavy atom. The van der Waals surface area contributed by atoms with Crippen LogP contribution < -0.4 is 16.2 Å². The van der Waals surface area contributed by atoms with E-state index in [2.05, 4.69) is 22.7 Å². The second kappa shape index (κ2) is 7.61. The highest BCUT2D eigenvalue weighted by Gasteiger charge is 2.14. The van der Waals surface area contributed by atoms with E-state index >= 15 is 0 Å². The van der Waals surface area contributed by atoms with Crippen molar-refractivity contribution < 1.29 is 4.74 Å². The quantitative estimate of drug-likeness (QED) is 0.823. The lowest BCUT2D eigenvalue weighted by Crippen LogP contribution is -2.45. The molecule has 7 heteroatoms. The van der Waals surface area contributed by atoms with Crippen molar-refractivity contribution in [3.8, 4) is 0 Å². The van der Waals surface area contributed by atoms with Crippen molar-refractivity contribution in [1.82, 2.24) is 15.1 Å². The molecule has 0 bridgehead atoms. The molecule has 20 heavy (non-hydrogen) atoms. The number of unbranched alkanes of at least 4 members (excludes halogenated alkanes) is 1. The van der Waals surface area contributed by atoms with Crippen molar-refractivity contribution in [1.29, 1.82) is 0 Å². The molecule has 2 heterocycles. The van der Waals surface area contributed by atoms with E-state index in [1.54, 1.807) is 6.20 Å². The molecule has 1 unspecified atom stereocenters. The first-order valence-electron chi connectivity index (χ1n) is 7.03. The molecule has 0 aromatic carbocycles. The highest BCUT2D eigenvalue weighted by molar-refractivity contribution is 6.32. The molecule has 6 nitrogen and oxygen atoms in total. The van der Waals surface area contributed by atoms with Gasteiger partial charge in [0.25, 0.3) is 5.56 Å². The molecular formula is C13H21ClN4O2. The molecule has 0 saturated carbocycles. The zero-order valence-electron chi connectivity index (χ0n) is 11.7. The van der Waals surface area contributed by atoms with E-state index in [1.807, 2.05) is 0 Å². The fraction of sp³-hybridized carbons (Fsp3) is 0.692. The predicted octanol–water partition coefficient (Wildman–Crippen LogP) is 1.10. The molecular weight excluding hydrogens is 280 g/mol. The van der Waals surface area contributed by atoms with Crippen LogP contribution in [0.5, 0.6) is 0 Å². The fourth-order valence-electron chi connectivity index (χ4n) is 2.04. The summed E-state index contributed by atoms with van der Waals surface area (Å²) in [6.07, 6.45) is 3.54. The van der Waals surface area contributed by atoms with Crippen LogP contribution >= 0.6 is 11.6 Å². The normalized spacial score (nSPS) is 19.0. The van der Waals surface area contributed by atoms with E-state index < -0.39 is 0 Å². The van der Waals surface area contributed by atoms with Gasteiger partial charge in [-0.3, -0.25) is 4.79 Å². The Labute approximate surface area is 123 Å². The van der Waals surface area contributed by atoms with Gasteiger partial charge in [-0.1, -0.05) is 24.9 Å². The number of nitrogens with one attached hydrogen (secondary N) is 2. The van der Waals surface area contributed by atoms with Gasteiger partial charge in [-0.25, -0.2) is 4.68 Å². The molecule has 2 rings (SSSR count). The Hall–Kier alpha value is -1.11. The molecule has 1 atom stereocenters. The van der Waals surface area contributed by atoms with Crippen molar-refractivity contribution in [3.05, 3.63) is 21.6 Å². The molecule has 1 saturated heterocycles. The van der Waals surface area contributed by atoms with E-state index in [4.69, 9.17) is 16.3 Å². The second-order valence-corrected chi connectivity index (χ2v) is 5.24. The third-order valence-corrected chi connectivity index (χ3v) is 3.61. The number of morpholine rings is 1. The van der Waals surface area contributed by atoms with Crippen LogP contribution in [0.4, 0.5) is 5.69 Å². The van der Waals surface area contributed by atoms with Gasteiger partial charge in [-0.15, -0.1) is 0 Å². The number of rotatable bonds is 6. The van der Waals surface area contributed by atoms with Gasteiger partial charge in [0.1, 0.15) is 5.02 Å². The van der Waals surface area contributed by atoms with Crippen molar-refractivity contribution in [2.75, 3.05) is 31.6 Å². The monoisotopic (exact) mass is 300 g/mol. The number of hydrogen-bond donors (Lipinski definition) is 2. The lowest BCUT2D eigenvalue weighted by atomic mass is 10.2. The topological polar surface area (TPSA) is 68.2 Å². The summed E-state index contributed by atoms with van der Waals surface area (Å²) in [4.78, 5) is 12.0. The average molecular weight is 301 g/mol. The standard InChI is InChI=1S/C13H21ClN4O2/c1-2-3-5-18-13(19)12(14)11(8-17-18)16-7-10-9-20-6-4-15-10/h8,10,15-16H,2-7,9H2,1H3. The second-order valence-electron chi connectivity index (χ2n) is 4.86. The van der Waals surface area contributed by atoms with Crippen LogP contribution in [-0.2, 0) is 11.3 Å². The summed E-state index contributed by atoms with van der Waals surface area (Å²) in [6.45, 7) is 5.57. The lowest BCUT2D eigenvalue weighted by Gasteiger charge is -2.24. The van der Waals surface area contributed by atoms with E-state index in [9.17, 15) is 4.79 Å². The van der Waals surface area contributed by atoms with Gasteiger partial charge in [0, 0.05) is 25.7 Å². The lowest BCUT2D eigenvalue weighted by molar-refractivity contribution is 0.0806. The number of halogens is 1. The summed E-state index contributed by atoms with van der Waals surface area (Å²) in [7, 11) is 0. The molecule has 0 spiro atoms. The largest absolute Gasteiger partial charge is 0.381 e. The molecule has 112 valence electrons. The van der Waals surface area contributed by atoms with Gasteiger partial charge in [0.05, 0.1) is 25.1 Å². The first-order valence-corrected chi connectivity index (χ1v) is 7.40. The fourth-order valence-corrected chi connectivity index (χ4v) is 2.25. The SMILES string of the molecule is CCCCn1ncc(NCC2COCCN2)c(Cl)c1=O. The van der Waals surface area contributed by atoms with Crippen LogP contribution in [0.3, 0.4) is 0 Å². The van der Waals surface area contributed by atoms with Crippen LogP contribution in [0.25, 0.3) is 0 Å². The first kappa shape index (κ1) is 15.3. The van der Waals surface area contributed by atoms with Crippen molar-refractivity contribution in [3.63, 3.8) is 0 Å². The van der Waals surface area contributed by atoms with Crippen LogP contribution in [0.1, 0.15) is 19.8 Å². The summed E-state index contributed by atoms with van der Waals surface area (Å²) in [5.74, 6) is 0. The van der Waals surface area contributed by atoms with Crippen LogP contribution in [-0.4, -0.2) is 42.1 Å². The van der Waals surface area contributed by atoms with E-state index in [1.165, 1.54) is 4.68 Å². The Kier molecular flexibility index (Phi) is 5.82. The van der Waals surface area contributed by atoms with Gasteiger partial charge in [-0.05, 0) is 6.42 Å². The van der Waals surface area contributed by atoms with Gasteiger partial charge in [-0.2, -0.15) is 5.10 Å². The summed E-state index contributed by atoms with van der Waals surface area (Å²) in [6, 6.07) is 0.224. The van der Waals surface area contributed by atoms with Crippen molar-refractivity contribution in [2.24, 2.45) is 0 Å². The Balaban J connectivity index is 1.97. The zero-order chi connectivity index (χ0) is 14.4. The van der Waals surface area contributed by atoms with Gasteiger partial charge < -0.3 is 15.4 Å². The molecule has 1 aliphatic rings. The minimum atomic E-state index is -0.238. The Morgan fingerprint density at radius 1 is 1.65 bits per heavy atom. The van der Waals surface area contributed by atoms with Crippen LogP contribution in [0, 0.1) is 0 Å². The summed E-state index contributed by atoms with van der Waals surface area (Å²) in [5.41, 5.74) is 0.342. The van der Waals surface area contributed by atoms with E-state index in [0.29, 0.717) is 25.4 Å². The smallest absolute Gasteiger partial charge is 0.287 e. The number of aromatic nitrogens is 2. The third-order valence-electron chi connectivity index (χ3n) is 3.25. The third kappa shape index (κ3) is 3.94. The molecule has 0 radical (unpaired) electrons. The number of ether oxygens (including phenoxy) is 1. The molecule has 0 amide bonds. The highest BCUT2D eigenvalue weighted by atomic mass is 35.5. The molecule has 2 N–H and O–H groups in total. The Bertz CT molecular complexity index is 486. The van der Waals surface area contributed by atoms with Gasteiger partial charge >= 0.3 is 0 Å². The predicted molar refractivity (Wildman–Crippen MR) is 79.5 cm³/mol. The van der Waals surface area contributed by atoms with Crippen molar-refractivity contribution in [2.45, 2.75) is 32.4 Å². The highest BCUT2D eigenvalue weighted by Crippen LogP contribution is 2.15. The molecule has 1 aliphatic heterocycles. The summed E-state index contributed by atoms with van der Waals surface area (Å²) >= 11 is 6.11. The number of hydrogen-bond acceptors (Lipinski definition) is 5. The molecule has 1 aromatic rings. The number of nitrogens with zero attached hydrogens (tertiary/aromatic N) is 2. The zero-order valence-corrected chi connectivity index (χ0v) is 12.4. The molecule has 1 aromatic heterocycles. The maximum Gasteiger partial charge on any atom is 0.287 e. The Morgan fingerprint density at radius 3 is 3.20 bits per heavy atom. The van der Waals surface area contributed by atoms with Gasteiger partial charge in [0.2, 0.25) is 0 Å². The molecule has 1 fully saturated rings. The average Bonchev–Trinajstić information content (AvgIpc) is 2.49. The van der Waals surface area contributed by atoms with Gasteiger partial charge in [0.15, 0.2) is 0 Å². The number of aryl methyl sites for hydroxylation is 1.